The van der Waals surface area contributed by atoms with Gasteiger partial charge in [0, 0.05) is 0 Å². The number of carbonyl (C=O) groups is 3. The summed E-state index contributed by atoms with van der Waals surface area (Å²) in [6, 6.07) is 7.89. The number of urea groups is 1. The maximum atomic E-state index is 12.9. The van der Waals surface area contributed by atoms with E-state index in [0.29, 0.717) is 18.4 Å². The Morgan fingerprint density at radius 3 is 2.07 bits per heavy atom. The van der Waals surface area contributed by atoms with Crippen molar-refractivity contribution in [3.8, 4) is 5.75 Å². The number of nitrogens with one attached hydrogen (secondary N) is 1. The summed E-state index contributed by atoms with van der Waals surface area (Å²) in [5.74, 6) is -1.29. The normalized spacial score (nSPS) is 16.1. The molecule has 0 radical (unpaired) electrons. The smallest absolute Gasteiger partial charge is 0.335 e. The van der Waals surface area contributed by atoms with Crippen molar-refractivity contribution < 1.29 is 19.5 Å². The van der Waals surface area contributed by atoms with Gasteiger partial charge in [-0.25, -0.2) is 9.69 Å². The van der Waals surface area contributed by atoms with E-state index in [2.05, 4.69) is 5.32 Å². The van der Waals surface area contributed by atoms with Crippen LogP contribution in [0.15, 0.2) is 35.9 Å². The predicted molar refractivity (Wildman–Crippen MR) is 118 cm³/mol. The number of nitrogens with zero attached hydrogens (tertiary/aromatic N) is 1. The SMILES string of the molecule is Cc1cc(C)cc(N2C(=O)NC(=O)C(=Cc3cc(I)c(O)c(I)c3)C2=O)c1. The maximum absolute atomic E-state index is 12.9. The first-order valence-electron chi connectivity index (χ1n) is 7.85. The van der Waals surface area contributed by atoms with Crippen molar-refractivity contribution in [3.05, 3.63) is 59.7 Å². The average Bonchev–Trinajstić information content (AvgIpc) is 2.55. The standard InChI is InChI=1S/C19H14I2N2O4/c1-9-3-10(2)5-12(4-9)23-18(26)13(17(25)22-19(23)27)6-11-7-14(20)16(24)15(21)8-11/h3-8,24H,1-2H3,(H,22,25,27). The molecule has 1 fully saturated rings. The van der Waals surface area contributed by atoms with E-state index in [1.807, 2.05) is 65.1 Å². The number of benzene rings is 2. The number of barbiturate groups is 1. The van der Waals surface area contributed by atoms with Gasteiger partial charge in [0.2, 0.25) is 0 Å². The first kappa shape index (κ1) is 19.8. The van der Waals surface area contributed by atoms with Gasteiger partial charge in [0.1, 0.15) is 11.3 Å². The topological polar surface area (TPSA) is 86.7 Å². The number of imide groups is 2. The first-order chi connectivity index (χ1) is 12.7. The Kier molecular flexibility index (Phi) is 5.56. The van der Waals surface area contributed by atoms with E-state index in [0.717, 1.165) is 16.0 Å². The van der Waals surface area contributed by atoms with Crippen LogP contribution >= 0.6 is 45.2 Å². The number of phenolic OH excluding ortho intramolecular Hbond substituents is 1. The fourth-order valence-corrected chi connectivity index (χ4v) is 4.62. The molecule has 0 bridgehead atoms. The highest BCUT2D eigenvalue weighted by molar-refractivity contribution is 14.1. The van der Waals surface area contributed by atoms with E-state index in [9.17, 15) is 19.5 Å². The zero-order valence-electron chi connectivity index (χ0n) is 14.3. The third kappa shape index (κ3) is 4.00. The highest BCUT2D eigenvalue weighted by Crippen LogP contribution is 2.29. The van der Waals surface area contributed by atoms with Crippen LogP contribution in [0.25, 0.3) is 6.08 Å². The number of aryl methyl sites for hydroxylation is 2. The van der Waals surface area contributed by atoms with Gasteiger partial charge in [-0.15, -0.1) is 0 Å². The van der Waals surface area contributed by atoms with Crippen LogP contribution in [-0.2, 0) is 9.59 Å². The van der Waals surface area contributed by atoms with E-state index in [4.69, 9.17) is 0 Å². The van der Waals surface area contributed by atoms with Crippen molar-refractivity contribution in [2.75, 3.05) is 4.90 Å². The molecule has 0 unspecified atom stereocenters. The Labute approximate surface area is 182 Å². The number of amides is 4. The lowest BCUT2D eigenvalue weighted by atomic mass is 10.1. The molecule has 138 valence electrons. The van der Waals surface area contributed by atoms with E-state index >= 15 is 0 Å². The van der Waals surface area contributed by atoms with E-state index in [1.54, 1.807) is 24.3 Å². The third-order valence-corrected chi connectivity index (χ3v) is 5.56. The van der Waals surface area contributed by atoms with Crippen LogP contribution in [0.4, 0.5) is 10.5 Å². The number of aromatic hydroxyl groups is 1. The monoisotopic (exact) mass is 588 g/mol. The highest BCUT2D eigenvalue weighted by Gasteiger charge is 2.37. The summed E-state index contributed by atoms with van der Waals surface area (Å²) in [5.41, 5.74) is 2.63. The van der Waals surface area contributed by atoms with Crippen LogP contribution in [0.5, 0.6) is 5.75 Å². The van der Waals surface area contributed by atoms with Crippen LogP contribution < -0.4 is 10.2 Å². The molecular formula is C19H14I2N2O4. The fourth-order valence-electron chi connectivity index (χ4n) is 2.81. The molecule has 6 nitrogen and oxygen atoms in total. The zero-order valence-corrected chi connectivity index (χ0v) is 18.7. The number of rotatable bonds is 2. The van der Waals surface area contributed by atoms with Gasteiger partial charge in [-0.2, -0.15) is 0 Å². The van der Waals surface area contributed by atoms with Crippen molar-refractivity contribution in [1.29, 1.82) is 0 Å². The van der Waals surface area contributed by atoms with Crippen LogP contribution in [0.3, 0.4) is 0 Å². The second-order valence-corrected chi connectivity index (χ2v) is 8.46. The Morgan fingerprint density at radius 1 is 0.963 bits per heavy atom. The molecule has 0 atom stereocenters. The quantitative estimate of drug-likeness (QED) is 0.317. The summed E-state index contributed by atoms with van der Waals surface area (Å²) < 4.78 is 1.19. The molecule has 0 aliphatic carbocycles. The second-order valence-electron chi connectivity index (χ2n) is 6.14. The number of halogens is 2. The van der Waals surface area contributed by atoms with Crippen molar-refractivity contribution in [1.82, 2.24) is 5.32 Å². The lowest BCUT2D eigenvalue weighted by Gasteiger charge is -2.27. The first-order valence-corrected chi connectivity index (χ1v) is 10.0. The fraction of sp³-hybridized carbons (Fsp3) is 0.105. The van der Waals surface area contributed by atoms with E-state index in [-0.39, 0.29) is 11.3 Å². The van der Waals surface area contributed by atoms with Gasteiger partial charge in [-0.3, -0.25) is 14.9 Å². The number of phenols is 1. The molecule has 1 aliphatic heterocycles. The van der Waals surface area contributed by atoms with E-state index in [1.165, 1.54) is 6.08 Å². The molecule has 27 heavy (non-hydrogen) atoms. The van der Waals surface area contributed by atoms with Crippen LogP contribution in [-0.4, -0.2) is 23.0 Å². The third-order valence-electron chi connectivity index (χ3n) is 3.92. The lowest BCUT2D eigenvalue weighted by molar-refractivity contribution is -0.122. The Bertz CT molecular complexity index is 987. The molecule has 1 heterocycles. The van der Waals surface area contributed by atoms with Crippen molar-refractivity contribution in [2.24, 2.45) is 0 Å². The number of hydrogen-bond acceptors (Lipinski definition) is 4. The van der Waals surface area contributed by atoms with Gasteiger partial charge in [-0.05, 0) is 106 Å². The van der Waals surface area contributed by atoms with Gasteiger partial charge in [0.15, 0.2) is 0 Å². The predicted octanol–water partition coefficient (Wildman–Crippen LogP) is 3.88. The van der Waals surface area contributed by atoms with Gasteiger partial charge < -0.3 is 5.11 Å². The van der Waals surface area contributed by atoms with Gasteiger partial charge >= 0.3 is 6.03 Å². The molecule has 2 aromatic rings. The number of carbonyl (C=O) groups excluding carboxylic acids is 3. The molecule has 1 aliphatic rings. The largest absolute Gasteiger partial charge is 0.506 e. The lowest BCUT2D eigenvalue weighted by Crippen LogP contribution is -2.54. The molecule has 8 heteroatoms. The Hall–Kier alpha value is -1.95. The molecule has 0 saturated carbocycles. The minimum Gasteiger partial charge on any atom is -0.506 e. The molecule has 3 rings (SSSR count). The highest BCUT2D eigenvalue weighted by atomic mass is 127. The number of anilines is 1. The summed E-state index contributed by atoms with van der Waals surface area (Å²) in [7, 11) is 0. The Morgan fingerprint density at radius 2 is 1.52 bits per heavy atom. The van der Waals surface area contributed by atoms with E-state index < -0.39 is 17.8 Å². The van der Waals surface area contributed by atoms with Crippen LogP contribution in [0.1, 0.15) is 16.7 Å². The molecule has 0 spiro atoms. The summed E-state index contributed by atoms with van der Waals surface area (Å²) in [6.45, 7) is 3.73. The van der Waals surface area contributed by atoms with Gasteiger partial charge in [-0.1, -0.05) is 6.07 Å². The number of hydrogen-bond donors (Lipinski definition) is 2. The molecule has 2 N–H and O–H groups in total. The zero-order chi connectivity index (χ0) is 19.9. The van der Waals surface area contributed by atoms with Crippen molar-refractivity contribution in [2.45, 2.75) is 13.8 Å². The molecule has 0 aromatic heterocycles. The maximum Gasteiger partial charge on any atom is 0.335 e. The van der Waals surface area contributed by atoms with Crippen LogP contribution in [0, 0.1) is 21.0 Å². The van der Waals surface area contributed by atoms with Crippen molar-refractivity contribution in [3.63, 3.8) is 0 Å². The molecular weight excluding hydrogens is 574 g/mol. The summed E-state index contributed by atoms with van der Waals surface area (Å²) >= 11 is 3.94. The van der Waals surface area contributed by atoms with Gasteiger partial charge in [0.05, 0.1) is 12.8 Å². The minimum atomic E-state index is -0.776. The summed E-state index contributed by atoms with van der Waals surface area (Å²) in [6.07, 6.45) is 1.42. The molecule has 4 amide bonds. The van der Waals surface area contributed by atoms with Crippen LogP contribution in [0.2, 0.25) is 0 Å². The molecule has 2 aromatic carbocycles. The molecule has 1 saturated heterocycles. The second kappa shape index (κ2) is 7.58. The summed E-state index contributed by atoms with van der Waals surface area (Å²) in [5, 5.41) is 12.1. The van der Waals surface area contributed by atoms with Gasteiger partial charge in [0.25, 0.3) is 11.8 Å². The minimum absolute atomic E-state index is 0.143. The average molecular weight is 588 g/mol. The summed E-state index contributed by atoms with van der Waals surface area (Å²) in [4.78, 5) is 38.5. The Balaban J connectivity index is 2.07. The van der Waals surface area contributed by atoms with Crippen molar-refractivity contribution >= 4 is 74.8 Å².